The van der Waals surface area contributed by atoms with Crippen molar-refractivity contribution < 1.29 is 4.39 Å². The van der Waals surface area contributed by atoms with Crippen LogP contribution in [-0.4, -0.2) is 12.6 Å². The summed E-state index contributed by atoms with van der Waals surface area (Å²) in [5.41, 5.74) is 2.38. The number of hydrogen-bond acceptors (Lipinski definition) is 1. The number of benzene rings is 1. The second kappa shape index (κ2) is 6.51. The largest absolute Gasteiger partial charge is 0.314 e. The van der Waals surface area contributed by atoms with Crippen LogP contribution in [-0.2, 0) is 6.42 Å². The lowest BCUT2D eigenvalue weighted by molar-refractivity contribution is 0.383. The number of hydrogen-bond donors (Lipinski definition) is 1. The third kappa shape index (κ3) is 4.94. The van der Waals surface area contributed by atoms with Gasteiger partial charge in [-0.05, 0) is 74.2 Å². The van der Waals surface area contributed by atoms with E-state index < -0.39 is 0 Å². The Morgan fingerprint density at radius 2 is 2.05 bits per heavy atom. The fourth-order valence-electron chi connectivity index (χ4n) is 2.73. The molecule has 0 saturated heterocycles. The zero-order valence-electron chi connectivity index (χ0n) is 12.4. The van der Waals surface area contributed by atoms with Gasteiger partial charge in [0.1, 0.15) is 5.82 Å². The Morgan fingerprint density at radius 3 is 2.63 bits per heavy atom. The standard InChI is InChI=1S/C17H26FN/c1-12(2)8-14(11-19-17-6-7-17)10-15-4-5-16(18)9-13(15)3/h4-5,9,12,14,17,19H,6-8,10-11H2,1-3H3. The molecule has 1 aliphatic carbocycles. The Labute approximate surface area is 116 Å². The molecule has 1 saturated carbocycles. The van der Waals surface area contributed by atoms with Gasteiger partial charge in [-0.3, -0.25) is 0 Å². The van der Waals surface area contributed by atoms with Crippen LogP contribution in [0.1, 0.15) is 44.2 Å². The zero-order valence-corrected chi connectivity index (χ0v) is 12.4. The van der Waals surface area contributed by atoms with Crippen LogP contribution in [0.4, 0.5) is 4.39 Å². The highest BCUT2D eigenvalue weighted by molar-refractivity contribution is 5.27. The van der Waals surface area contributed by atoms with Crippen molar-refractivity contribution >= 4 is 0 Å². The molecule has 1 atom stereocenters. The molecular weight excluding hydrogens is 237 g/mol. The van der Waals surface area contributed by atoms with E-state index in [1.807, 2.05) is 13.0 Å². The van der Waals surface area contributed by atoms with Gasteiger partial charge in [-0.25, -0.2) is 4.39 Å². The Kier molecular flexibility index (Phi) is 4.98. The molecule has 1 fully saturated rings. The molecule has 19 heavy (non-hydrogen) atoms. The zero-order chi connectivity index (χ0) is 13.8. The summed E-state index contributed by atoms with van der Waals surface area (Å²) < 4.78 is 13.1. The van der Waals surface area contributed by atoms with Crippen LogP contribution in [0.2, 0.25) is 0 Å². The fourth-order valence-corrected chi connectivity index (χ4v) is 2.73. The van der Waals surface area contributed by atoms with E-state index in [2.05, 4.69) is 19.2 Å². The second-order valence-corrected chi connectivity index (χ2v) is 6.45. The Morgan fingerprint density at radius 1 is 1.32 bits per heavy atom. The molecule has 0 radical (unpaired) electrons. The number of aryl methyl sites for hydroxylation is 1. The van der Waals surface area contributed by atoms with E-state index in [-0.39, 0.29) is 5.82 Å². The quantitative estimate of drug-likeness (QED) is 0.781. The van der Waals surface area contributed by atoms with Crippen molar-refractivity contribution in [1.29, 1.82) is 0 Å². The van der Waals surface area contributed by atoms with E-state index in [1.165, 1.54) is 24.8 Å². The summed E-state index contributed by atoms with van der Waals surface area (Å²) in [6.07, 6.45) is 4.97. The maximum Gasteiger partial charge on any atom is 0.123 e. The van der Waals surface area contributed by atoms with Crippen LogP contribution < -0.4 is 5.32 Å². The molecule has 1 aromatic carbocycles. The van der Waals surface area contributed by atoms with Crippen molar-refractivity contribution in [3.8, 4) is 0 Å². The minimum absolute atomic E-state index is 0.127. The second-order valence-electron chi connectivity index (χ2n) is 6.45. The van der Waals surface area contributed by atoms with E-state index in [9.17, 15) is 4.39 Å². The summed E-state index contributed by atoms with van der Waals surface area (Å²) >= 11 is 0. The first-order valence-corrected chi connectivity index (χ1v) is 7.53. The van der Waals surface area contributed by atoms with E-state index in [4.69, 9.17) is 0 Å². The highest BCUT2D eigenvalue weighted by Gasteiger charge is 2.22. The minimum atomic E-state index is -0.127. The normalized spacial score (nSPS) is 16.9. The third-order valence-electron chi connectivity index (χ3n) is 3.89. The van der Waals surface area contributed by atoms with Gasteiger partial charge in [-0.1, -0.05) is 19.9 Å². The van der Waals surface area contributed by atoms with Gasteiger partial charge in [0.05, 0.1) is 0 Å². The van der Waals surface area contributed by atoms with Gasteiger partial charge in [-0.2, -0.15) is 0 Å². The Bertz CT molecular complexity index is 410. The van der Waals surface area contributed by atoms with Crippen LogP contribution in [0.3, 0.4) is 0 Å². The lowest BCUT2D eigenvalue weighted by Gasteiger charge is -2.20. The average Bonchev–Trinajstić information content (AvgIpc) is 3.13. The smallest absolute Gasteiger partial charge is 0.123 e. The first kappa shape index (κ1) is 14.5. The first-order chi connectivity index (χ1) is 9.04. The summed E-state index contributed by atoms with van der Waals surface area (Å²) in [6.45, 7) is 7.67. The van der Waals surface area contributed by atoms with Crippen molar-refractivity contribution in [2.75, 3.05) is 6.54 Å². The lowest BCUT2D eigenvalue weighted by Crippen LogP contribution is -2.27. The SMILES string of the molecule is Cc1cc(F)ccc1CC(CNC1CC1)CC(C)C. The Balaban J connectivity index is 1.96. The monoisotopic (exact) mass is 263 g/mol. The van der Waals surface area contributed by atoms with Crippen molar-refractivity contribution in [3.63, 3.8) is 0 Å². The van der Waals surface area contributed by atoms with Gasteiger partial charge in [-0.15, -0.1) is 0 Å². The number of rotatable bonds is 7. The molecule has 106 valence electrons. The van der Waals surface area contributed by atoms with Crippen LogP contribution >= 0.6 is 0 Å². The molecule has 0 amide bonds. The van der Waals surface area contributed by atoms with Crippen molar-refractivity contribution in [3.05, 3.63) is 35.1 Å². The van der Waals surface area contributed by atoms with Crippen molar-refractivity contribution in [2.24, 2.45) is 11.8 Å². The molecular formula is C17H26FN. The average molecular weight is 263 g/mol. The molecule has 0 aliphatic heterocycles. The molecule has 0 aromatic heterocycles. The maximum atomic E-state index is 13.1. The van der Waals surface area contributed by atoms with E-state index in [0.717, 1.165) is 24.6 Å². The maximum absolute atomic E-state index is 13.1. The fraction of sp³-hybridized carbons (Fsp3) is 0.647. The summed E-state index contributed by atoms with van der Waals surface area (Å²) in [6, 6.07) is 5.96. The molecule has 1 nitrogen and oxygen atoms in total. The van der Waals surface area contributed by atoms with Gasteiger partial charge < -0.3 is 5.32 Å². The lowest BCUT2D eigenvalue weighted by atomic mass is 9.89. The predicted molar refractivity (Wildman–Crippen MR) is 78.8 cm³/mol. The summed E-state index contributed by atoms with van der Waals surface area (Å²) in [7, 11) is 0. The minimum Gasteiger partial charge on any atom is -0.314 e. The Hall–Kier alpha value is -0.890. The van der Waals surface area contributed by atoms with E-state index in [0.29, 0.717) is 11.8 Å². The third-order valence-corrected chi connectivity index (χ3v) is 3.89. The molecule has 1 N–H and O–H groups in total. The van der Waals surface area contributed by atoms with E-state index >= 15 is 0 Å². The first-order valence-electron chi connectivity index (χ1n) is 7.53. The summed E-state index contributed by atoms with van der Waals surface area (Å²) in [4.78, 5) is 0. The molecule has 2 rings (SSSR count). The summed E-state index contributed by atoms with van der Waals surface area (Å²) in [5, 5.41) is 3.64. The van der Waals surface area contributed by atoms with Crippen LogP contribution in [0, 0.1) is 24.6 Å². The van der Waals surface area contributed by atoms with Crippen LogP contribution in [0.15, 0.2) is 18.2 Å². The molecule has 0 bridgehead atoms. The number of halogens is 1. The van der Waals surface area contributed by atoms with Gasteiger partial charge >= 0.3 is 0 Å². The van der Waals surface area contributed by atoms with Gasteiger partial charge in [0.25, 0.3) is 0 Å². The summed E-state index contributed by atoms with van der Waals surface area (Å²) in [5.74, 6) is 1.24. The topological polar surface area (TPSA) is 12.0 Å². The predicted octanol–water partition coefficient (Wildman–Crippen LogP) is 4.09. The highest BCUT2D eigenvalue weighted by Crippen LogP contribution is 2.23. The van der Waals surface area contributed by atoms with E-state index in [1.54, 1.807) is 12.1 Å². The highest BCUT2D eigenvalue weighted by atomic mass is 19.1. The van der Waals surface area contributed by atoms with Crippen LogP contribution in [0.5, 0.6) is 0 Å². The molecule has 2 heteroatoms. The molecule has 0 spiro atoms. The van der Waals surface area contributed by atoms with Crippen molar-refractivity contribution in [1.82, 2.24) is 5.32 Å². The van der Waals surface area contributed by atoms with Crippen LogP contribution in [0.25, 0.3) is 0 Å². The molecule has 0 heterocycles. The molecule has 1 aromatic rings. The van der Waals surface area contributed by atoms with Gasteiger partial charge in [0.2, 0.25) is 0 Å². The van der Waals surface area contributed by atoms with Gasteiger partial charge in [0.15, 0.2) is 0 Å². The number of nitrogens with one attached hydrogen (secondary N) is 1. The van der Waals surface area contributed by atoms with Gasteiger partial charge in [0, 0.05) is 6.04 Å². The van der Waals surface area contributed by atoms with Crippen molar-refractivity contribution in [2.45, 2.75) is 52.5 Å². The molecule has 1 aliphatic rings. The molecule has 1 unspecified atom stereocenters.